The van der Waals surface area contributed by atoms with Gasteiger partial charge in [0.1, 0.15) is 0 Å². The molecule has 0 aromatic heterocycles. The molecule has 0 saturated carbocycles. The third kappa shape index (κ3) is 8.43. The van der Waals surface area contributed by atoms with Crippen molar-refractivity contribution in [3.05, 3.63) is 0 Å². The summed E-state index contributed by atoms with van der Waals surface area (Å²) >= 11 is 0. The summed E-state index contributed by atoms with van der Waals surface area (Å²) in [6.45, 7) is 11.2. The van der Waals surface area contributed by atoms with Crippen molar-refractivity contribution in [1.29, 1.82) is 0 Å². The van der Waals surface area contributed by atoms with Crippen molar-refractivity contribution in [3.63, 3.8) is 0 Å². The average molecular weight is 214 g/mol. The van der Waals surface area contributed by atoms with Crippen LogP contribution in [0.4, 0.5) is 0 Å². The van der Waals surface area contributed by atoms with E-state index in [9.17, 15) is 4.79 Å². The molecular weight excluding hydrogens is 188 g/mol. The molecule has 0 fully saturated rings. The van der Waals surface area contributed by atoms with Gasteiger partial charge in [-0.05, 0) is 20.3 Å². The smallest absolute Gasteiger partial charge is 0.221 e. The highest BCUT2D eigenvalue weighted by Gasteiger charge is 2.18. The van der Waals surface area contributed by atoms with Crippen LogP contribution in [0.1, 0.15) is 53.9 Å². The van der Waals surface area contributed by atoms with Crippen LogP contribution in [-0.4, -0.2) is 24.0 Å². The number of carbonyl (C=O) groups is 1. The number of rotatable bonds is 7. The molecule has 0 atom stereocenters. The highest BCUT2D eigenvalue weighted by atomic mass is 16.1. The summed E-state index contributed by atoms with van der Waals surface area (Å²) in [6.07, 6.45) is 2.68. The Balaban J connectivity index is 3.73. The Kier molecular flexibility index (Phi) is 6.57. The average Bonchev–Trinajstić information content (AvgIpc) is 2.01. The summed E-state index contributed by atoms with van der Waals surface area (Å²) in [6, 6.07) is 0.446. The van der Waals surface area contributed by atoms with Gasteiger partial charge < -0.3 is 10.6 Å². The molecule has 0 aliphatic rings. The molecule has 0 radical (unpaired) electrons. The van der Waals surface area contributed by atoms with Crippen molar-refractivity contribution in [2.45, 2.75) is 65.5 Å². The number of carbonyl (C=O) groups excluding carboxylic acids is 1. The SMILES string of the molecule is CCCC(C)(C)NC(=O)CCNC(C)C. The Morgan fingerprint density at radius 1 is 1.33 bits per heavy atom. The van der Waals surface area contributed by atoms with E-state index in [1.165, 1.54) is 0 Å². The van der Waals surface area contributed by atoms with Gasteiger partial charge in [0.15, 0.2) is 0 Å². The number of amides is 1. The third-order valence-electron chi connectivity index (χ3n) is 2.26. The van der Waals surface area contributed by atoms with Crippen molar-refractivity contribution in [2.24, 2.45) is 0 Å². The van der Waals surface area contributed by atoms with E-state index in [0.717, 1.165) is 19.4 Å². The topological polar surface area (TPSA) is 41.1 Å². The number of nitrogens with one attached hydrogen (secondary N) is 2. The quantitative estimate of drug-likeness (QED) is 0.681. The van der Waals surface area contributed by atoms with Crippen molar-refractivity contribution in [2.75, 3.05) is 6.54 Å². The van der Waals surface area contributed by atoms with Crippen LogP contribution in [0.25, 0.3) is 0 Å². The fourth-order valence-electron chi connectivity index (χ4n) is 1.60. The van der Waals surface area contributed by atoms with Gasteiger partial charge in [-0.15, -0.1) is 0 Å². The molecule has 0 aliphatic carbocycles. The summed E-state index contributed by atoms with van der Waals surface area (Å²) in [5.74, 6) is 0.140. The van der Waals surface area contributed by atoms with E-state index in [2.05, 4.69) is 45.3 Å². The van der Waals surface area contributed by atoms with Gasteiger partial charge in [0.2, 0.25) is 5.91 Å². The molecule has 0 bridgehead atoms. The molecule has 0 spiro atoms. The Labute approximate surface area is 94.0 Å². The molecule has 90 valence electrons. The molecule has 0 aliphatic heterocycles. The van der Waals surface area contributed by atoms with E-state index in [4.69, 9.17) is 0 Å². The lowest BCUT2D eigenvalue weighted by molar-refractivity contribution is -0.122. The Bertz CT molecular complexity index is 188. The van der Waals surface area contributed by atoms with Crippen LogP contribution in [0.3, 0.4) is 0 Å². The van der Waals surface area contributed by atoms with Crippen molar-refractivity contribution in [3.8, 4) is 0 Å². The second kappa shape index (κ2) is 6.83. The molecule has 3 nitrogen and oxygen atoms in total. The molecule has 3 heteroatoms. The minimum atomic E-state index is -0.0658. The maximum Gasteiger partial charge on any atom is 0.221 e. The summed E-state index contributed by atoms with van der Waals surface area (Å²) in [5, 5.41) is 6.29. The number of hydrogen-bond donors (Lipinski definition) is 2. The molecule has 0 aromatic rings. The molecule has 15 heavy (non-hydrogen) atoms. The lowest BCUT2D eigenvalue weighted by Gasteiger charge is -2.25. The molecule has 0 saturated heterocycles. The van der Waals surface area contributed by atoms with Crippen LogP contribution in [0.5, 0.6) is 0 Å². The van der Waals surface area contributed by atoms with E-state index in [-0.39, 0.29) is 11.4 Å². The largest absolute Gasteiger partial charge is 0.351 e. The predicted molar refractivity (Wildman–Crippen MR) is 64.9 cm³/mol. The summed E-state index contributed by atoms with van der Waals surface area (Å²) in [5.41, 5.74) is -0.0658. The van der Waals surface area contributed by atoms with Gasteiger partial charge in [-0.3, -0.25) is 4.79 Å². The van der Waals surface area contributed by atoms with Crippen LogP contribution in [0, 0.1) is 0 Å². The summed E-state index contributed by atoms with van der Waals surface area (Å²) in [4.78, 5) is 11.6. The van der Waals surface area contributed by atoms with Gasteiger partial charge in [0.25, 0.3) is 0 Å². The predicted octanol–water partition coefficient (Wildman–Crippen LogP) is 2.07. The first-order valence-corrected chi connectivity index (χ1v) is 5.92. The van der Waals surface area contributed by atoms with Crippen molar-refractivity contribution < 1.29 is 4.79 Å². The first-order chi connectivity index (χ1) is 6.87. The second-order valence-corrected chi connectivity index (χ2v) is 5.04. The Hall–Kier alpha value is -0.570. The standard InChI is InChI=1S/C12H26N2O/c1-6-8-12(4,5)14-11(15)7-9-13-10(2)3/h10,13H,6-9H2,1-5H3,(H,14,15). The molecule has 0 rings (SSSR count). The van der Waals surface area contributed by atoms with E-state index >= 15 is 0 Å². The highest BCUT2D eigenvalue weighted by Crippen LogP contribution is 2.10. The van der Waals surface area contributed by atoms with E-state index in [1.54, 1.807) is 0 Å². The van der Waals surface area contributed by atoms with Crippen LogP contribution in [0.2, 0.25) is 0 Å². The van der Waals surface area contributed by atoms with Gasteiger partial charge in [0, 0.05) is 24.5 Å². The minimum absolute atomic E-state index is 0.0658. The second-order valence-electron chi connectivity index (χ2n) is 5.04. The summed E-state index contributed by atoms with van der Waals surface area (Å²) < 4.78 is 0. The van der Waals surface area contributed by atoms with Crippen LogP contribution in [-0.2, 0) is 4.79 Å². The third-order valence-corrected chi connectivity index (χ3v) is 2.26. The fraction of sp³-hybridized carbons (Fsp3) is 0.917. The monoisotopic (exact) mass is 214 g/mol. The molecule has 1 amide bonds. The molecule has 0 unspecified atom stereocenters. The maximum absolute atomic E-state index is 11.6. The highest BCUT2D eigenvalue weighted by molar-refractivity contribution is 5.76. The van der Waals surface area contributed by atoms with Crippen LogP contribution < -0.4 is 10.6 Å². The fourth-order valence-corrected chi connectivity index (χ4v) is 1.60. The zero-order valence-electron chi connectivity index (χ0n) is 10.8. The van der Waals surface area contributed by atoms with E-state index in [1.807, 2.05) is 0 Å². The van der Waals surface area contributed by atoms with Crippen LogP contribution >= 0.6 is 0 Å². The molecule has 0 aromatic carbocycles. The van der Waals surface area contributed by atoms with Gasteiger partial charge >= 0.3 is 0 Å². The minimum Gasteiger partial charge on any atom is -0.351 e. The maximum atomic E-state index is 11.6. The lowest BCUT2D eigenvalue weighted by Crippen LogP contribution is -2.44. The zero-order valence-corrected chi connectivity index (χ0v) is 10.8. The Morgan fingerprint density at radius 3 is 2.40 bits per heavy atom. The molecule has 0 heterocycles. The molecule has 2 N–H and O–H groups in total. The molecular formula is C12H26N2O. The summed E-state index contributed by atoms with van der Waals surface area (Å²) in [7, 11) is 0. The van der Waals surface area contributed by atoms with Crippen LogP contribution in [0.15, 0.2) is 0 Å². The first-order valence-electron chi connectivity index (χ1n) is 5.92. The van der Waals surface area contributed by atoms with Crippen molar-refractivity contribution in [1.82, 2.24) is 10.6 Å². The Morgan fingerprint density at radius 2 is 1.93 bits per heavy atom. The number of hydrogen-bond acceptors (Lipinski definition) is 2. The van der Waals surface area contributed by atoms with E-state index < -0.39 is 0 Å². The zero-order chi connectivity index (χ0) is 11.9. The van der Waals surface area contributed by atoms with Gasteiger partial charge in [-0.2, -0.15) is 0 Å². The first kappa shape index (κ1) is 14.4. The van der Waals surface area contributed by atoms with Gasteiger partial charge in [0.05, 0.1) is 0 Å². The lowest BCUT2D eigenvalue weighted by atomic mass is 9.99. The van der Waals surface area contributed by atoms with Gasteiger partial charge in [-0.1, -0.05) is 27.2 Å². The van der Waals surface area contributed by atoms with E-state index in [0.29, 0.717) is 12.5 Å². The van der Waals surface area contributed by atoms with Crippen molar-refractivity contribution >= 4 is 5.91 Å². The van der Waals surface area contributed by atoms with Gasteiger partial charge in [-0.25, -0.2) is 0 Å². The normalized spacial score (nSPS) is 11.9.